The monoisotopic (exact) mass is 488 g/mol. The number of aromatic nitrogens is 3. The summed E-state index contributed by atoms with van der Waals surface area (Å²) in [6.45, 7) is 0.808. The Morgan fingerprint density at radius 2 is 2.03 bits per heavy atom. The Morgan fingerprint density at radius 3 is 2.73 bits per heavy atom. The van der Waals surface area contributed by atoms with E-state index in [0.29, 0.717) is 13.0 Å². The van der Waals surface area contributed by atoms with Gasteiger partial charge in [-0.25, -0.2) is 17.8 Å². The fourth-order valence-electron chi connectivity index (χ4n) is 5.11. The van der Waals surface area contributed by atoms with E-state index < -0.39 is 15.4 Å². The van der Waals surface area contributed by atoms with Crippen LogP contribution >= 0.6 is 11.6 Å². The Kier molecular flexibility index (Phi) is 5.60. The molecule has 1 aliphatic carbocycles. The summed E-state index contributed by atoms with van der Waals surface area (Å²) in [5, 5.41) is 7.50. The minimum absolute atomic E-state index is 0.0880. The van der Waals surface area contributed by atoms with Crippen molar-refractivity contribution in [3.05, 3.63) is 82.2 Å². The first-order valence-electron chi connectivity index (χ1n) is 10.5. The number of pyridine rings is 1. The summed E-state index contributed by atoms with van der Waals surface area (Å²) in [5.74, 6) is -0.602. The number of fused-ring (bicyclic) bond motifs is 2. The number of rotatable bonds is 5. The molecule has 1 N–H and O–H groups in total. The van der Waals surface area contributed by atoms with Crippen molar-refractivity contribution in [1.82, 2.24) is 19.5 Å². The van der Waals surface area contributed by atoms with Crippen LogP contribution in [-0.2, 0) is 14.8 Å². The highest BCUT2D eigenvalue weighted by Gasteiger charge is 2.52. The fourth-order valence-corrected chi connectivity index (χ4v) is 6.67. The molecule has 172 valence electrons. The van der Waals surface area contributed by atoms with E-state index in [2.05, 4.69) is 21.3 Å². The first-order valence-corrected chi connectivity index (χ1v) is 12.3. The summed E-state index contributed by atoms with van der Waals surface area (Å²) in [6, 6.07) is 9.26. The Morgan fingerprint density at radius 1 is 1.24 bits per heavy atom. The molecule has 3 aromatic rings. The highest BCUT2D eigenvalue weighted by molar-refractivity contribution is 7.89. The van der Waals surface area contributed by atoms with Gasteiger partial charge in [-0.15, -0.1) is 0 Å². The molecule has 0 amide bonds. The molecule has 2 atom stereocenters. The van der Waals surface area contributed by atoms with Gasteiger partial charge in [-0.3, -0.25) is 5.10 Å². The van der Waals surface area contributed by atoms with Crippen LogP contribution in [0, 0.1) is 11.2 Å². The van der Waals surface area contributed by atoms with Gasteiger partial charge in [0.05, 0.1) is 18.5 Å². The topological polar surface area (TPSA) is 88.2 Å². The minimum Gasteiger partial charge on any atom is -0.384 e. The Balaban J connectivity index is 1.63. The van der Waals surface area contributed by atoms with Gasteiger partial charge in [-0.1, -0.05) is 29.3 Å². The van der Waals surface area contributed by atoms with Crippen molar-refractivity contribution in [2.75, 3.05) is 26.8 Å². The van der Waals surface area contributed by atoms with Crippen LogP contribution in [0.3, 0.4) is 0 Å². The van der Waals surface area contributed by atoms with E-state index in [1.807, 2.05) is 0 Å². The quantitative estimate of drug-likeness (QED) is 0.551. The Bertz CT molecular complexity index is 1310. The number of hydrogen-bond donors (Lipinski definition) is 1. The number of ether oxygens (including phenoxy) is 1. The lowest BCUT2D eigenvalue weighted by Crippen LogP contribution is -2.53. The number of benzene rings is 1. The van der Waals surface area contributed by atoms with E-state index in [0.717, 1.165) is 22.4 Å². The lowest BCUT2D eigenvalue weighted by Gasteiger charge is -2.50. The van der Waals surface area contributed by atoms with Crippen LogP contribution in [0.2, 0.25) is 5.15 Å². The van der Waals surface area contributed by atoms with Gasteiger partial charge in [0.15, 0.2) is 0 Å². The third-order valence-corrected chi connectivity index (χ3v) is 8.61. The average molecular weight is 489 g/mol. The van der Waals surface area contributed by atoms with Crippen LogP contribution in [0.1, 0.15) is 29.2 Å². The molecule has 2 aromatic heterocycles. The van der Waals surface area contributed by atoms with Gasteiger partial charge in [-0.05, 0) is 42.3 Å². The van der Waals surface area contributed by atoms with Crippen LogP contribution in [0.4, 0.5) is 4.39 Å². The lowest BCUT2D eigenvalue weighted by atomic mass is 9.60. The number of H-pyrrole nitrogens is 1. The maximum absolute atomic E-state index is 13.7. The fraction of sp³-hybridized carbons (Fsp3) is 0.304. The molecule has 1 aromatic carbocycles. The Labute approximate surface area is 196 Å². The maximum atomic E-state index is 13.7. The first kappa shape index (κ1) is 22.2. The Hall–Kier alpha value is -2.59. The molecule has 7 nitrogen and oxygen atoms in total. The van der Waals surface area contributed by atoms with Crippen molar-refractivity contribution in [3.8, 4) is 0 Å². The smallest absolute Gasteiger partial charge is 0.244 e. The second-order valence-electron chi connectivity index (χ2n) is 8.39. The number of methoxy groups -OCH3 is 1. The molecule has 1 saturated heterocycles. The number of halogens is 2. The maximum Gasteiger partial charge on any atom is 0.244 e. The van der Waals surface area contributed by atoms with Gasteiger partial charge in [0.25, 0.3) is 0 Å². The SMILES string of the molecule is COC[C@@]12CN(S(=O)(=O)c3ccc(Cl)nc3)CCC1=Cc1[nH]ncc1C2c1ccc(F)cc1. The number of nitrogens with one attached hydrogen (secondary N) is 1. The molecule has 0 bridgehead atoms. The second kappa shape index (κ2) is 8.32. The van der Waals surface area contributed by atoms with Crippen molar-refractivity contribution in [3.63, 3.8) is 0 Å². The zero-order chi connectivity index (χ0) is 23.2. The number of aromatic amines is 1. The molecule has 10 heteroatoms. The van der Waals surface area contributed by atoms with Crippen molar-refractivity contribution >= 4 is 27.7 Å². The molecule has 1 unspecified atom stereocenters. The molecule has 0 spiro atoms. The normalized spacial score (nSPS) is 23.0. The van der Waals surface area contributed by atoms with E-state index in [4.69, 9.17) is 16.3 Å². The summed E-state index contributed by atoms with van der Waals surface area (Å²) >= 11 is 5.86. The van der Waals surface area contributed by atoms with E-state index >= 15 is 0 Å². The van der Waals surface area contributed by atoms with Crippen LogP contribution in [0.5, 0.6) is 0 Å². The summed E-state index contributed by atoms with van der Waals surface area (Å²) in [7, 11) is -2.21. The van der Waals surface area contributed by atoms with E-state index in [1.54, 1.807) is 25.4 Å². The van der Waals surface area contributed by atoms with Crippen molar-refractivity contribution in [2.24, 2.45) is 5.41 Å². The highest BCUT2D eigenvalue weighted by Crippen LogP contribution is 2.54. The van der Waals surface area contributed by atoms with Crippen LogP contribution in [0.25, 0.3) is 6.08 Å². The summed E-state index contributed by atoms with van der Waals surface area (Å²) in [4.78, 5) is 4.03. The summed E-state index contributed by atoms with van der Waals surface area (Å²) < 4.78 is 48.0. The van der Waals surface area contributed by atoms with Gasteiger partial charge >= 0.3 is 0 Å². The molecule has 3 heterocycles. The lowest BCUT2D eigenvalue weighted by molar-refractivity contribution is 0.0614. The summed E-state index contributed by atoms with van der Waals surface area (Å²) in [5.41, 5.74) is 3.07. The van der Waals surface area contributed by atoms with Gasteiger partial charge in [-0.2, -0.15) is 9.40 Å². The number of hydrogen-bond acceptors (Lipinski definition) is 5. The van der Waals surface area contributed by atoms with Gasteiger partial charge < -0.3 is 4.74 Å². The van der Waals surface area contributed by atoms with E-state index in [1.165, 1.54) is 34.8 Å². The second-order valence-corrected chi connectivity index (χ2v) is 10.7. The average Bonchev–Trinajstić information content (AvgIpc) is 3.26. The molecular weight excluding hydrogens is 467 g/mol. The number of sulfonamides is 1. The number of nitrogens with zero attached hydrogens (tertiary/aromatic N) is 3. The largest absolute Gasteiger partial charge is 0.384 e. The highest BCUT2D eigenvalue weighted by atomic mass is 35.5. The van der Waals surface area contributed by atoms with Crippen molar-refractivity contribution in [1.29, 1.82) is 0 Å². The third-order valence-electron chi connectivity index (χ3n) is 6.55. The number of piperidine rings is 1. The van der Waals surface area contributed by atoms with Gasteiger partial charge in [0.2, 0.25) is 10.0 Å². The molecule has 0 saturated carbocycles. The van der Waals surface area contributed by atoms with Crippen LogP contribution in [0.15, 0.2) is 59.3 Å². The van der Waals surface area contributed by atoms with E-state index in [-0.39, 0.29) is 34.9 Å². The molecule has 33 heavy (non-hydrogen) atoms. The minimum atomic E-state index is -3.82. The molecule has 2 aliphatic rings. The zero-order valence-electron chi connectivity index (χ0n) is 17.8. The molecule has 1 aliphatic heterocycles. The zero-order valence-corrected chi connectivity index (χ0v) is 19.4. The van der Waals surface area contributed by atoms with Gasteiger partial charge in [0, 0.05) is 43.3 Å². The molecule has 1 fully saturated rings. The summed E-state index contributed by atoms with van der Waals surface area (Å²) in [6.07, 6.45) is 5.61. The molecule has 0 radical (unpaired) electrons. The van der Waals surface area contributed by atoms with Crippen LogP contribution in [-0.4, -0.2) is 54.7 Å². The molecular formula is C23H22ClFN4O3S. The first-order chi connectivity index (χ1) is 15.8. The van der Waals surface area contributed by atoms with Crippen molar-refractivity contribution < 1.29 is 17.5 Å². The van der Waals surface area contributed by atoms with Gasteiger partial charge in [0.1, 0.15) is 15.9 Å². The van der Waals surface area contributed by atoms with Crippen LogP contribution < -0.4 is 0 Å². The van der Waals surface area contributed by atoms with Crippen molar-refractivity contribution in [2.45, 2.75) is 17.2 Å². The third kappa shape index (κ3) is 3.69. The van der Waals surface area contributed by atoms with E-state index in [9.17, 15) is 12.8 Å². The predicted molar refractivity (Wildman–Crippen MR) is 122 cm³/mol. The standard InChI is InChI=1S/C23H22ClFN4O3S/c1-32-14-23-13-29(33(30,31)18-6-7-21(24)26-11-18)9-8-16(23)10-20-19(12-27-28-20)22(23)15-2-4-17(25)5-3-15/h2-7,10-12,22H,8-9,13-14H2,1H3,(H,27,28)/t22?,23-/m0/s1. The molecule has 5 rings (SSSR count). The predicted octanol–water partition coefficient (Wildman–Crippen LogP) is 3.85.